The maximum atomic E-state index is 14.8. The molecule has 43 heavy (non-hydrogen) atoms. The molecular weight excluding hydrogens is 581 g/mol. The molecular formula is C31H29F7N2O3. The second-order valence-corrected chi connectivity index (χ2v) is 11.3. The molecule has 1 amide bonds. The highest BCUT2D eigenvalue weighted by atomic mass is 19.4. The monoisotopic (exact) mass is 610 g/mol. The van der Waals surface area contributed by atoms with E-state index in [1.807, 2.05) is 19.9 Å². The zero-order chi connectivity index (χ0) is 31.4. The van der Waals surface area contributed by atoms with Gasteiger partial charge in [-0.3, -0.25) is 9.88 Å². The molecule has 5 rings (SSSR count). The molecule has 2 aliphatic rings. The molecule has 2 fully saturated rings. The van der Waals surface area contributed by atoms with Gasteiger partial charge in [-0.15, -0.1) is 0 Å². The van der Waals surface area contributed by atoms with Gasteiger partial charge in [0.15, 0.2) is 0 Å². The number of hydrogen-bond acceptors (Lipinski definition) is 4. The third kappa shape index (κ3) is 6.14. The van der Waals surface area contributed by atoms with Crippen LogP contribution in [0.5, 0.6) is 5.75 Å². The zero-order valence-electron chi connectivity index (χ0n) is 23.7. The first-order chi connectivity index (χ1) is 20.1. The first-order valence-corrected chi connectivity index (χ1v) is 13.7. The van der Waals surface area contributed by atoms with E-state index in [0.717, 1.165) is 18.5 Å². The molecule has 5 nitrogen and oxygen atoms in total. The number of amides is 1. The van der Waals surface area contributed by atoms with Crippen LogP contribution in [0.1, 0.15) is 85.1 Å². The molecule has 0 spiro atoms. The lowest BCUT2D eigenvalue weighted by atomic mass is 9.93. The second-order valence-electron chi connectivity index (χ2n) is 11.3. The van der Waals surface area contributed by atoms with Crippen LogP contribution in [0.25, 0.3) is 11.1 Å². The lowest BCUT2D eigenvalue weighted by Crippen LogP contribution is -2.31. The van der Waals surface area contributed by atoms with E-state index in [2.05, 4.69) is 4.98 Å². The summed E-state index contributed by atoms with van der Waals surface area (Å²) >= 11 is 0. The smallest absolute Gasteiger partial charge is 0.416 e. The molecule has 0 bridgehead atoms. The first kappa shape index (κ1) is 30.6. The normalized spacial score (nSPS) is 19.3. The quantitative estimate of drug-likeness (QED) is 0.251. The first-order valence-electron chi connectivity index (χ1n) is 13.7. The van der Waals surface area contributed by atoms with E-state index in [0.29, 0.717) is 34.4 Å². The third-order valence-electron chi connectivity index (χ3n) is 7.91. The van der Waals surface area contributed by atoms with Crippen LogP contribution in [0.15, 0.2) is 42.6 Å². The van der Waals surface area contributed by atoms with Crippen molar-refractivity contribution in [1.82, 2.24) is 9.88 Å². The predicted molar refractivity (Wildman–Crippen MR) is 143 cm³/mol. The van der Waals surface area contributed by atoms with Gasteiger partial charge in [-0.25, -0.2) is 9.18 Å². The number of aromatic nitrogens is 1. The fourth-order valence-corrected chi connectivity index (χ4v) is 5.37. The topological polar surface area (TPSA) is 51.7 Å². The van der Waals surface area contributed by atoms with E-state index in [9.17, 15) is 35.5 Å². The second kappa shape index (κ2) is 11.0. The minimum Gasteiger partial charge on any atom is -0.496 e. The molecule has 0 radical (unpaired) electrons. The average molecular weight is 611 g/mol. The van der Waals surface area contributed by atoms with Crippen molar-refractivity contribution < 1.29 is 45.0 Å². The van der Waals surface area contributed by atoms with Crippen LogP contribution in [-0.4, -0.2) is 29.1 Å². The maximum Gasteiger partial charge on any atom is 0.416 e. The Morgan fingerprint density at radius 1 is 0.977 bits per heavy atom. The van der Waals surface area contributed by atoms with E-state index >= 15 is 0 Å². The Bertz CT molecular complexity index is 1520. The highest BCUT2D eigenvalue weighted by Crippen LogP contribution is 2.44. The summed E-state index contributed by atoms with van der Waals surface area (Å²) in [6.07, 6.45) is -8.89. The van der Waals surface area contributed by atoms with Crippen molar-refractivity contribution in [3.05, 3.63) is 81.9 Å². The minimum absolute atomic E-state index is 0.0346. The van der Waals surface area contributed by atoms with Crippen LogP contribution in [0.3, 0.4) is 0 Å². The average Bonchev–Trinajstić information content (AvgIpc) is 3.74. The lowest BCUT2D eigenvalue weighted by Gasteiger charge is -2.24. The Labute approximate surface area is 243 Å². The zero-order valence-corrected chi connectivity index (χ0v) is 23.7. The van der Waals surface area contributed by atoms with Gasteiger partial charge in [-0.05, 0) is 72.7 Å². The van der Waals surface area contributed by atoms with Crippen molar-refractivity contribution >= 4 is 6.09 Å². The van der Waals surface area contributed by atoms with Crippen molar-refractivity contribution in [2.75, 3.05) is 7.11 Å². The largest absolute Gasteiger partial charge is 0.496 e. The Kier molecular flexibility index (Phi) is 7.85. The number of alkyl halides is 6. The Morgan fingerprint density at radius 3 is 2.14 bits per heavy atom. The molecule has 1 aromatic heterocycles. The van der Waals surface area contributed by atoms with Gasteiger partial charge >= 0.3 is 18.4 Å². The van der Waals surface area contributed by atoms with Gasteiger partial charge in [0.25, 0.3) is 0 Å². The van der Waals surface area contributed by atoms with Gasteiger partial charge in [-0.2, -0.15) is 26.3 Å². The van der Waals surface area contributed by atoms with Crippen molar-refractivity contribution in [2.45, 2.75) is 76.5 Å². The van der Waals surface area contributed by atoms with E-state index in [1.165, 1.54) is 25.0 Å². The van der Waals surface area contributed by atoms with Gasteiger partial charge in [0.05, 0.1) is 30.8 Å². The molecule has 1 saturated carbocycles. The fourth-order valence-electron chi connectivity index (χ4n) is 5.37. The third-order valence-corrected chi connectivity index (χ3v) is 7.91. The predicted octanol–water partition coefficient (Wildman–Crippen LogP) is 9.02. The summed E-state index contributed by atoms with van der Waals surface area (Å²) in [5.41, 5.74) is -0.503. The Hall–Kier alpha value is -3.83. The summed E-state index contributed by atoms with van der Waals surface area (Å²) in [6, 6.07) is 5.02. The molecule has 1 aliphatic carbocycles. The van der Waals surface area contributed by atoms with Gasteiger partial charge in [0, 0.05) is 35.0 Å². The standard InChI is InChI=1S/C31H29F7N2O3/c1-15(2)22-11-23(27(42-4)12-25(22)32)24-13-39-26(17-5-6-17)9-19(24)14-40-16(3)28(43-29(40)41)18-7-20(30(33,34)35)10-21(8-18)31(36,37)38/h7-13,15-17,28H,5-6,14H2,1-4H3/t16-,28-/m0/s1. The van der Waals surface area contributed by atoms with Crippen molar-refractivity contribution in [1.29, 1.82) is 0 Å². The molecule has 2 aromatic carbocycles. The van der Waals surface area contributed by atoms with E-state index in [-0.39, 0.29) is 30.2 Å². The molecule has 1 aliphatic heterocycles. The molecule has 1 saturated heterocycles. The summed E-state index contributed by atoms with van der Waals surface area (Å²) in [5, 5.41) is 0. The van der Waals surface area contributed by atoms with Crippen LogP contribution in [-0.2, 0) is 23.6 Å². The number of halogens is 7. The lowest BCUT2D eigenvalue weighted by molar-refractivity contribution is -0.143. The molecule has 0 unspecified atom stereocenters. The van der Waals surface area contributed by atoms with Crippen molar-refractivity contribution in [2.24, 2.45) is 0 Å². The molecule has 2 atom stereocenters. The molecule has 2 heterocycles. The summed E-state index contributed by atoms with van der Waals surface area (Å²) in [4.78, 5) is 18.9. The van der Waals surface area contributed by atoms with Gasteiger partial charge in [0.1, 0.15) is 17.7 Å². The summed E-state index contributed by atoms with van der Waals surface area (Å²) < 4.78 is 107. The van der Waals surface area contributed by atoms with E-state index in [1.54, 1.807) is 12.3 Å². The number of ether oxygens (including phenoxy) is 2. The van der Waals surface area contributed by atoms with Gasteiger partial charge in [0.2, 0.25) is 0 Å². The van der Waals surface area contributed by atoms with Crippen LogP contribution < -0.4 is 4.74 Å². The van der Waals surface area contributed by atoms with E-state index in [4.69, 9.17) is 9.47 Å². The van der Waals surface area contributed by atoms with Crippen LogP contribution in [0.4, 0.5) is 35.5 Å². The van der Waals surface area contributed by atoms with E-state index < -0.39 is 53.1 Å². The molecule has 0 N–H and O–H groups in total. The number of hydrogen-bond donors (Lipinski definition) is 0. The Morgan fingerprint density at radius 2 is 1.60 bits per heavy atom. The summed E-state index contributed by atoms with van der Waals surface area (Å²) in [7, 11) is 1.40. The number of pyridine rings is 1. The van der Waals surface area contributed by atoms with Crippen LogP contribution >= 0.6 is 0 Å². The SMILES string of the molecule is COc1cc(F)c(C(C)C)cc1-c1cnc(C2CC2)cc1CN1C(=O)O[C@H](c2cc(C(F)(F)F)cc(C(F)(F)F)c2)[C@@H]1C. The highest BCUT2D eigenvalue weighted by molar-refractivity contribution is 5.76. The number of cyclic esters (lactones) is 1. The van der Waals surface area contributed by atoms with Crippen LogP contribution in [0.2, 0.25) is 0 Å². The summed E-state index contributed by atoms with van der Waals surface area (Å²) in [5.74, 6) is -0.132. The number of carbonyl (C=O) groups is 1. The molecule has 3 aromatic rings. The van der Waals surface area contributed by atoms with Gasteiger partial charge < -0.3 is 9.47 Å². The number of benzene rings is 2. The summed E-state index contributed by atoms with van der Waals surface area (Å²) in [6.45, 7) is 5.09. The van der Waals surface area contributed by atoms with Crippen molar-refractivity contribution in [3.63, 3.8) is 0 Å². The van der Waals surface area contributed by atoms with Crippen LogP contribution in [0, 0.1) is 5.82 Å². The Balaban J connectivity index is 1.55. The minimum atomic E-state index is -5.05. The number of methoxy groups -OCH3 is 1. The molecule has 230 valence electrons. The highest BCUT2D eigenvalue weighted by Gasteiger charge is 2.43. The van der Waals surface area contributed by atoms with Crippen molar-refractivity contribution in [3.8, 4) is 16.9 Å². The number of nitrogens with zero attached hydrogens (tertiary/aromatic N) is 2. The fraction of sp³-hybridized carbons (Fsp3) is 0.419. The maximum absolute atomic E-state index is 14.8. The number of carbonyl (C=O) groups excluding carboxylic acids is 1. The van der Waals surface area contributed by atoms with Gasteiger partial charge in [-0.1, -0.05) is 13.8 Å². The number of rotatable bonds is 7. The molecule has 12 heteroatoms.